The molecule has 4 nitrogen and oxygen atoms in total. The number of hydrogen-bond donors (Lipinski definition) is 0. The highest BCUT2D eigenvalue weighted by atomic mass is 35.5. The van der Waals surface area contributed by atoms with Crippen molar-refractivity contribution < 1.29 is 4.74 Å². The molecule has 0 saturated carbocycles. The zero-order valence-electron chi connectivity index (χ0n) is 9.86. The number of aromatic nitrogens is 3. The Bertz CT molecular complexity index is 557. The van der Waals surface area contributed by atoms with Crippen LogP contribution >= 0.6 is 11.6 Å². The van der Waals surface area contributed by atoms with E-state index < -0.39 is 0 Å². The van der Waals surface area contributed by atoms with E-state index in [2.05, 4.69) is 15.2 Å². The standard InChI is InChI=1S/C12H12ClN3O/c1-7-4-8(2)10(9(5-7)17-3)11-12(13)14-6-15-16-11/h4-6H,1-3H3. The Hall–Kier alpha value is -1.68. The number of nitrogens with zero attached hydrogens (tertiary/aromatic N) is 3. The van der Waals surface area contributed by atoms with Gasteiger partial charge in [-0.3, -0.25) is 0 Å². The van der Waals surface area contributed by atoms with Gasteiger partial charge in [-0.25, -0.2) is 4.98 Å². The van der Waals surface area contributed by atoms with Gasteiger partial charge in [0.2, 0.25) is 0 Å². The molecule has 0 fully saturated rings. The van der Waals surface area contributed by atoms with Crippen molar-refractivity contribution in [2.75, 3.05) is 7.11 Å². The minimum Gasteiger partial charge on any atom is -0.496 e. The van der Waals surface area contributed by atoms with Gasteiger partial charge < -0.3 is 4.74 Å². The van der Waals surface area contributed by atoms with Crippen LogP contribution in [0, 0.1) is 13.8 Å². The van der Waals surface area contributed by atoms with Crippen LogP contribution in [0.25, 0.3) is 11.3 Å². The van der Waals surface area contributed by atoms with Crippen molar-refractivity contribution in [1.29, 1.82) is 0 Å². The molecule has 0 bridgehead atoms. The van der Waals surface area contributed by atoms with Crippen LogP contribution in [0.5, 0.6) is 5.75 Å². The van der Waals surface area contributed by atoms with Crippen LogP contribution in [0.15, 0.2) is 18.5 Å². The minimum absolute atomic E-state index is 0.324. The van der Waals surface area contributed by atoms with Crippen molar-refractivity contribution in [3.63, 3.8) is 0 Å². The van der Waals surface area contributed by atoms with E-state index in [1.165, 1.54) is 6.33 Å². The van der Waals surface area contributed by atoms with Gasteiger partial charge in [0.15, 0.2) is 5.15 Å². The van der Waals surface area contributed by atoms with Gasteiger partial charge >= 0.3 is 0 Å². The summed E-state index contributed by atoms with van der Waals surface area (Å²) in [6.45, 7) is 3.99. The summed E-state index contributed by atoms with van der Waals surface area (Å²) in [7, 11) is 1.62. The summed E-state index contributed by atoms with van der Waals surface area (Å²) in [4.78, 5) is 3.93. The number of halogens is 1. The third-order valence-electron chi connectivity index (χ3n) is 2.48. The summed E-state index contributed by atoms with van der Waals surface area (Å²) in [5.41, 5.74) is 3.54. The Morgan fingerprint density at radius 3 is 2.65 bits per heavy atom. The van der Waals surface area contributed by atoms with Crippen LogP contribution in [0.1, 0.15) is 11.1 Å². The molecule has 0 aliphatic carbocycles. The monoisotopic (exact) mass is 249 g/mol. The van der Waals surface area contributed by atoms with Crippen molar-refractivity contribution >= 4 is 11.6 Å². The molecule has 0 aliphatic heterocycles. The number of methoxy groups -OCH3 is 1. The number of rotatable bonds is 2. The Balaban J connectivity index is 2.71. The van der Waals surface area contributed by atoms with Crippen molar-refractivity contribution in [2.24, 2.45) is 0 Å². The molecule has 0 unspecified atom stereocenters. The lowest BCUT2D eigenvalue weighted by atomic mass is 10.0. The molecule has 0 aliphatic rings. The fourth-order valence-electron chi connectivity index (χ4n) is 1.81. The second-order valence-electron chi connectivity index (χ2n) is 3.76. The molecule has 0 amide bonds. The van der Waals surface area contributed by atoms with Gasteiger partial charge in [-0.2, -0.15) is 0 Å². The Labute approximate surface area is 105 Å². The SMILES string of the molecule is COc1cc(C)cc(C)c1-c1nncnc1Cl. The molecule has 2 aromatic rings. The molecule has 5 heteroatoms. The van der Waals surface area contributed by atoms with E-state index in [0.29, 0.717) is 10.8 Å². The fourth-order valence-corrected chi connectivity index (χ4v) is 1.98. The number of hydrogen-bond acceptors (Lipinski definition) is 4. The van der Waals surface area contributed by atoms with Crippen LogP contribution in [0.3, 0.4) is 0 Å². The Kier molecular flexibility index (Phi) is 3.24. The lowest BCUT2D eigenvalue weighted by molar-refractivity contribution is 0.415. The van der Waals surface area contributed by atoms with Crippen LogP contribution in [0.2, 0.25) is 5.15 Å². The summed E-state index contributed by atoms with van der Waals surface area (Å²) in [5, 5.41) is 8.11. The Morgan fingerprint density at radius 2 is 2.00 bits per heavy atom. The molecular formula is C12H12ClN3O. The molecule has 1 aromatic heterocycles. The maximum atomic E-state index is 6.03. The molecule has 17 heavy (non-hydrogen) atoms. The van der Waals surface area contributed by atoms with Gasteiger partial charge in [0.05, 0.1) is 12.7 Å². The van der Waals surface area contributed by atoms with Crippen LogP contribution < -0.4 is 4.74 Å². The normalized spacial score (nSPS) is 10.4. The average Bonchev–Trinajstić information content (AvgIpc) is 2.29. The van der Waals surface area contributed by atoms with E-state index in [1.807, 2.05) is 26.0 Å². The highest BCUT2D eigenvalue weighted by Gasteiger charge is 2.15. The second-order valence-corrected chi connectivity index (χ2v) is 4.12. The lowest BCUT2D eigenvalue weighted by Gasteiger charge is -2.12. The quantitative estimate of drug-likeness (QED) is 0.821. The maximum Gasteiger partial charge on any atom is 0.159 e. The van der Waals surface area contributed by atoms with E-state index in [0.717, 1.165) is 22.4 Å². The van der Waals surface area contributed by atoms with E-state index in [1.54, 1.807) is 7.11 Å². The predicted octanol–water partition coefficient (Wildman–Crippen LogP) is 2.82. The smallest absolute Gasteiger partial charge is 0.159 e. The average molecular weight is 250 g/mol. The van der Waals surface area contributed by atoms with E-state index in [9.17, 15) is 0 Å². The van der Waals surface area contributed by atoms with E-state index in [-0.39, 0.29) is 0 Å². The van der Waals surface area contributed by atoms with Crippen molar-refractivity contribution in [2.45, 2.75) is 13.8 Å². The van der Waals surface area contributed by atoms with Gasteiger partial charge in [0.1, 0.15) is 17.8 Å². The van der Waals surface area contributed by atoms with Crippen molar-refractivity contribution in [3.8, 4) is 17.0 Å². The molecule has 0 atom stereocenters. The molecule has 0 radical (unpaired) electrons. The maximum absolute atomic E-state index is 6.03. The molecular weight excluding hydrogens is 238 g/mol. The molecule has 0 N–H and O–H groups in total. The summed E-state index contributed by atoms with van der Waals surface area (Å²) in [5.74, 6) is 0.728. The van der Waals surface area contributed by atoms with Crippen LogP contribution in [0.4, 0.5) is 0 Å². The van der Waals surface area contributed by atoms with Gasteiger partial charge in [-0.15, -0.1) is 10.2 Å². The van der Waals surface area contributed by atoms with Crippen LogP contribution in [-0.2, 0) is 0 Å². The topological polar surface area (TPSA) is 47.9 Å². The first kappa shape index (κ1) is 11.8. The second kappa shape index (κ2) is 4.67. The van der Waals surface area contributed by atoms with Crippen molar-refractivity contribution in [1.82, 2.24) is 15.2 Å². The third-order valence-corrected chi connectivity index (χ3v) is 2.75. The molecule has 2 rings (SSSR count). The molecule has 0 spiro atoms. The van der Waals surface area contributed by atoms with Crippen molar-refractivity contribution in [3.05, 3.63) is 34.7 Å². The van der Waals surface area contributed by atoms with E-state index >= 15 is 0 Å². The van der Waals surface area contributed by atoms with E-state index in [4.69, 9.17) is 16.3 Å². The van der Waals surface area contributed by atoms with Gasteiger partial charge in [-0.05, 0) is 31.0 Å². The summed E-state index contributed by atoms with van der Waals surface area (Å²) in [6, 6.07) is 3.98. The zero-order chi connectivity index (χ0) is 12.4. The third kappa shape index (κ3) is 2.22. The first-order chi connectivity index (χ1) is 8.13. The first-order valence-electron chi connectivity index (χ1n) is 5.12. The fraction of sp³-hybridized carbons (Fsp3) is 0.250. The van der Waals surface area contributed by atoms with Gasteiger partial charge in [0, 0.05) is 0 Å². The Morgan fingerprint density at radius 1 is 1.24 bits per heavy atom. The largest absolute Gasteiger partial charge is 0.496 e. The predicted molar refractivity (Wildman–Crippen MR) is 66.3 cm³/mol. The summed E-state index contributed by atoms with van der Waals surface area (Å²) in [6.07, 6.45) is 1.32. The molecule has 1 aromatic carbocycles. The highest BCUT2D eigenvalue weighted by molar-refractivity contribution is 6.31. The molecule has 1 heterocycles. The number of ether oxygens (including phenoxy) is 1. The van der Waals surface area contributed by atoms with Gasteiger partial charge in [-0.1, -0.05) is 17.7 Å². The van der Waals surface area contributed by atoms with Crippen LogP contribution in [-0.4, -0.2) is 22.3 Å². The first-order valence-corrected chi connectivity index (χ1v) is 5.50. The summed E-state index contributed by atoms with van der Waals surface area (Å²) < 4.78 is 5.36. The number of aryl methyl sites for hydroxylation is 2. The lowest BCUT2D eigenvalue weighted by Crippen LogP contribution is -1.97. The molecule has 88 valence electrons. The zero-order valence-corrected chi connectivity index (χ0v) is 10.6. The number of benzene rings is 1. The highest BCUT2D eigenvalue weighted by Crippen LogP contribution is 2.35. The summed E-state index contributed by atoms with van der Waals surface area (Å²) >= 11 is 6.03. The molecule has 0 saturated heterocycles. The minimum atomic E-state index is 0.324. The van der Waals surface area contributed by atoms with Gasteiger partial charge in [0.25, 0.3) is 0 Å².